The highest BCUT2D eigenvalue weighted by atomic mass is 15.3. The van der Waals surface area contributed by atoms with Gasteiger partial charge in [-0.05, 0) is 18.2 Å². The van der Waals surface area contributed by atoms with Gasteiger partial charge in [0.05, 0.1) is 17.4 Å². The van der Waals surface area contributed by atoms with Crippen LogP contribution in [0, 0.1) is 0 Å². The summed E-state index contributed by atoms with van der Waals surface area (Å²) in [6.07, 6.45) is 7.24. The van der Waals surface area contributed by atoms with E-state index in [0.29, 0.717) is 5.95 Å². The van der Waals surface area contributed by atoms with E-state index in [0.717, 1.165) is 22.4 Å². The van der Waals surface area contributed by atoms with E-state index in [-0.39, 0.29) is 0 Å². The number of anilines is 1. The first kappa shape index (κ1) is 10.9. The highest BCUT2D eigenvalue weighted by Crippen LogP contribution is 2.23. The number of hydrogen-bond donors (Lipinski definition) is 1. The molecule has 20 heavy (non-hydrogen) atoms. The third-order valence-electron chi connectivity index (χ3n) is 3.17. The summed E-state index contributed by atoms with van der Waals surface area (Å²) in [6.45, 7) is 0. The Kier molecular flexibility index (Phi) is 2.19. The molecule has 0 unspecified atom stereocenters. The van der Waals surface area contributed by atoms with Crippen LogP contribution < -0.4 is 5.32 Å². The minimum Gasteiger partial charge on any atom is -0.356 e. The largest absolute Gasteiger partial charge is 0.356 e. The van der Waals surface area contributed by atoms with E-state index < -0.39 is 0 Å². The number of imidazole rings is 1. The van der Waals surface area contributed by atoms with Gasteiger partial charge in [0, 0.05) is 31.2 Å². The van der Waals surface area contributed by atoms with Gasteiger partial charge < -0.3 is 5.32 Å². The Bertz CT molecular complexity index is 905. The molecule has 0 fully saturated rings. The molecule has 4 aromatic rings. The molecule has 0 radical (unpaired) electrons. The Hall–Kier alpha value is -2.96. The minimum atomic E-state index is 0.581. The van der Waals surface area contributed by atoms with Crippen molar-refractivity contribution in [2.24, 2.45) is 0 Å². The van der Waals surface area contributed by atoms with Gasteiger partial charge in [-0.25, -0.2) is 19.0 Å². The van der Waals surface area contributed by atoms with Crippen molar-refractivity contribution in [2.45, 2.75) is 0 Å². The van der Waals surface area contributed by atoms with Crippen LogP contribution in [0.1, 0.15) is 0 Å². The van der Waals surface area contributed by atoms with Crippen molar-refractivity contribution >= 4 is 17.1 Å². The fourth-order valence-electron chi connectivity index (χ4n) is 2.19. The highest BCUT2D eigenvalue weighted by Gasteiger charge is 2.09. The Morgan fingerprint density at radius 3 is 2.85 bits per heavy atom. The molecule has 0 amide bonds. The van der Waals surface area contributed by atoms with Crippen LogP contribution in [0.5, 0.6) is 0 Å². The van der Waals surface area contributed by atoms with Gasteiger partial charge in [0.15, 0.2) is 5.65 Å². The fourth-order valence-corrected chi connectivity index (χ4v) is 2.19. The number of hydrogen-bond acceptors (Lipinski definition) is 5. The van der Waals surface area contributed by atoms with E-state index in [1.807, 2.05) is 30.6 Å². The number of rotatable bonds is 2. The molecule has 4 heterocycles. The van der Waals surface area contributed by atoms with E-state index in [2.05, 4.69) is 25.5 Å². The number of aromatic nitrogens is 6. The van der Waals surface area contributed by atoms with Crippen molar-refractivity contribution < 1.29 is 0 Å². The molecule has 0 atom stereocenters. The van der Waals surface area contributed by atoms with E-state index in [9.17, 15) is 0 Å². The fraction of sp³-hybridized carbons (Fsp3) is 0.0769. The monoisotopic (exact) mass is 265 g/mol. The molecular weight excluding hydrogens is 254 g/mol. The second-order valence-corrected chi connectivity index (χ2v) is 4.34. The first-order valence-corrected chi connectivity index (χ1v) is 6.18. The van der Waals surface area contributed by atoms with Gasteiger partial charge in [-0.3, -0.25) is 0 Å². The predicted octanol–water partition coefficient (Wildman–Crippen LogP) is 1.48. The topological polar surface area (TPSA) is 72.4 Å². The third-order valence-corrected chi connectivity index (χ3v) is 3.17. The summed E-state index contributed by atoms with van der Waals surface area (Å²) in [7, 11) is 1.79. The summed E-state index contributed by atoms with van der Waals surface area (Å²) in [5.41, 5.74) is 3.59. The molecule has 0 aliphatic heterocycles. The van der Waals surface area contributed by atoms with E-state index in [1.165, 1.54) is 0 Å². The lowest BCUT2D eigenvalue weighted by Gasteiger charge is -2.02. The predicted molar refractivity (Wildman–Crippen MR) is 74.5 cm³/mol. The first-order valence-electron chi connectivity index (χ1n) is 6.18. The zero-order valence-corrected chi connectivity index (χ0v) is 10.7. The molecule has 7 nitrogen and oxygen atoms in total. The molecule has 0 aliphatic rings. The summed E-state index contributed by atoms with van der Waals surface area (Å²) >= 11 is 0. The van der Waals surface area contributed by atoms with Crippen molar-refractivity contribution in [1.29, 1.82) is 0 Å². The van der Waals surface area contributed by atoms with E-state index in [4.69, 9.17) is 0 Å². The summed E-state index contributed by atoms with van der Waals surface area (Å²) < 4.78 is 3.54. The van der Waals surface area contributed by atoms with Crippen molar-refractivity contribution in [2.75, 3.05) is 12.4 Å². The van der Waals surface area contributed by atoms with Crippen molar-refractivity contribution in [3.8, 4) is 11.3 Å². The molecule has 0 saturated heterocycles. The summed E-state index contributed by atoms with van der Waals surface area (Å²) in [5, 5.41) is 11.8. The van der Waals surface area contributed by atoms with E-state index in [1.54, 1.807) is 28.5 Å². The lowest BCUT2D eigenvalue weighted by molar-refractivity contribution is 0.907. The molecule has 0 aromatic carbocycles. The van der Waals surface area contributed by atoms with Crippen LogP contribution in [0.4, 0.5) is 5.95 Å². The number of fused-ring (bicyclic) bond motifs is 2. The molecule has 0 bridgehead atoms. The zero-order chi connectivity index (χ0) is 13.5. The zero-order valence-electron chi connectivity index (χ0n) is 10.7. The average Bonchev–Trinajstić information content (AvgIpc) is 3.11. The van der Waals surface area contributed by atoms with Crippen LogP contribution in [-0.2, 0) is 0 Å². The Morgan fingerprint density at radius 1 is 1.00 bits per heavy atom. The van der Waals surface area contributed by atoms with Crippen LogP contribution >= 0.6 is 0 Å². The molecule has 1 N–H and O–H groups in total. The van der Waals surface area contributed by atoms with Gasteiger partial charge >= 0.3 is 0 Å². The van der Waals surface area contributed by atoms with Crippen molar-refractivity contribution in [3.63, 3.8) is 0 Å². The maximum Gasteiger partial charge on any atom is 0.240 e. The second-order valence-electron chi connectivity index (χ2n) is 4.34. The summed E-state index contributed by atoms with van der Waals surface area (Å²) in [5.74, 6) is 0.581. The molecule has 4 aromatic heterocycles. The lowest BCUT2D eigenvalue weighted by Crippen LogP contribution is -2.00. The smallest absolute Gasteiger partial charge is 0.240 e. The molecule has 4 rings (SSSR count). The molecule has 0 aliphatic carbocycles. The van der Waals surface area contributed by atoms with Crippen LogP contribution in [-0.4, -0.2) is 36.2 Å². The molecule has 0 spiro atoms. The maximum atomic E-state index is 4.54. The standard InChI is InChI=1S/C13H11N7/c1-14-13-16-8-11-9(4-6-19(11)18-13)10-2-3-12-15-5-7-20(12)17-10/h2-8H,1H3,(H,14,18). The first-order chi connectivity index (χ1) is 9.85. The third kappa shape index (κ3) is 1.53. The average molecular weight is 265 g/mol. The Morgan fingerprint density at radius 2 is 1.95 bits per heavy atom. The van der Waals surface area contributed by atoms with Gasteiger partial charge in [-0.2, -0.15) is 5.10 Å². The van der Waals surface area contributed by atoms with Crippen LogP contribution in [0.2, 0.25) is 0 Å². The van der Waals surface area contributed by atoms with Gasteiger partial charge in [0.1, 0.15) is 0 Å². The lowest BCUT2D eigenvalue weighted by atomic mass is 10.2. The number of nitrogens with zero attached hydrogens (tertiary/aromatic N) is 6. The summed E-state index contributed by atoms with van der Waals surface area (Å²) in [6, 6.07) is 5.87. The Labute approximate surface area is 113 Å². The molecule has 7 heteroatoms. The van der Waals surface area contributed by atoms with Crippen molar-refractivity contribution in [3.05, 3.63) is 43.0 Å². The van der Waals surface area contributed by atoms with Gasteiger partial charge in [-0.15, -0.1) is 5.10 Å². The minimum absolute atomic E-state index is 0.581. The van der Waals surface area contributed by atoms with Gasteiger partial charge in [0.25, 0.3) is 0 Å². The summed E-state index contributed by atoms with van der Waals surface area (Å²) in [4.78, 5) is 8.43. The molecule has 0 saturated carbocycles. The van der Waals surface area contributed by atoms with Crippen LogP contribution in [0.3, 0.4) is 0 Å². The van der Waals surface area contributed by atoms with Crippen molar-refractivity contribution in [1.82, 2.24) is 29.2 Å². The maximum absolute atomic E-state index is 4.54. The normalized spacial score (nSPS) is 11.2. The molecule has 98 valence electrons. The van der Waals surface area contributed by atoms with Gasteiger partial charge in [-0.1, -0.05) is 0 Å². The highest BCUT2D eigenvalue weighted by molar-refractivity contribution is 5.78. The number of nitrogens with one attached hydrogen (secondary N) is 1. The SMILES string of the molecule is CNc1ncc2c(-c3ccc4nccn4n3)ccn2n1. The molecular formula is C13H11N7. The second kappa shape index (κ2) is 4.02. The quantitative estimate of drug-likeness (QED) is 0.594. The van der Waals surface area contributed by atoms with Crippen LogP contribution in [0.15, 0.2) is 43.0 Å². The Balaban J connectivity index is 1.92. The van der Waals surface area contributed by atoms with Crippen LogP contribution in [0.25, 0.3) is 22.4 Å². The van der Waals surface area contributed by atoms with Gasteiger partial charge in [0.2, 0.25) is 5.95 Å². The van der Waals surface area contributed by atoms with E-state index >= 15 is 0 Å².